The summed E-state index contributed by atoms with van der Waals surface area (Å²) in [6.07, 6.45) is -3.67. The van der Waals surface area contributed by atoms with E-state index >= 15 is 0 Å². The average Bonchev–Trinajstić information content (AvgIpc) is 2.91. The van der Waals surface area contributed by atoms with Gasteiger partial charge in [-0.25, -0.2) is 14.6 Å². The summed E-state index contributed by atoms with van der Waals surface area (Å²) in [6.45, 7) is -0.473. The minimum absolute atomic E-state index is 0.196. The molecule has 0 aliphatic carbocycles. The van der Waals surface area contributed by atoms with Crippen molar-refractivity contribution >= 4 is 11.9 Å². The lowest BCUT2D eigenvalue weighted by Crippen LogP contribution is -2.36. The quantitative estimate of drug-likeness (QED) is 0.416. The molecule has 1 aromatic heterocycles. The molecule has 0 unspecified atom stereocenters. The van der Waals surface area contributed by atoms with Gasteiger partial charge in [0.1, 0.15) is 24.6 Å². The molecule has 0 amide bonds. The fourth-order valence-electron chi connectivity index (χ4n) is 2.22. The van der Waals surface area contributed by atoms with Gasteiger partial charge in [0.25, 0.3) is 0 Å². The second kappa shape index (κ2) is 8.49. The van der Waals surface area contributed by atoms with E-state index in [2.05, 4.69) is 9.97 Å². The van der Waals surface area contributed by atoms with Crippen LogP contribution in [-0.2, 0) is 4.74 Å². The summed E-state index contributed by atoms with van der Waals surface area (Å²) in [5.74, 6) is -1.08. The molecule has 2 aromatic rings. The largest absolute Gasteiger partial charge is 0.478 e. The molecule has 140 valence electrons. The van der Waals surface area contributed by atoms with E-state index in [9.17, 15) is 19.8 Å². The maximum absolute atomic E-state index is 11.5. The second-order valence-electron chi connectivity index (χ2n) is 5.30. The molecule has 1 saturated heterocycles. The lowest BCUT2D eigenvalue weighted by molar-refractivity contribution is -0.0554. The Morgan fingerprint density at radius 2 is 1.88 bits per heavy atom. The number of rotatable bonds is 3. The number of aromatic nitrogens is 3. The predicted molar refractivity (Wildman–Crippen MR) is 87.1 cm³/mol. The van der Waals surface area contributed by atoms with E-state index in [1.165, 1.54) is 0 Å². The highest BCUT2D eigenvalue weighted by molar-refractivity contribution is 5.87. The second-order valence-corrected chi connectivity index (χ2v) is 5.30. The lowest BCUT2D eigenvalue weighted by Gasteiger charge is -2.16. The number of aliphatic hydroxyl groups is 3. The third kappa shape index (κ3) is 4.40. The smallest absolute Gasteiger partial charge is 0.354 e. The zero-order chi connectivity index (χ0) is 19.3. The summed E-state index contributed by atoms with van der Waals surface area (Å²) in [5.41, 5.74) is 4.79. The molecule has 3 rings (SSSR count). The molecule has 0 radical (unpaired) electrons. The van der Waals surface area contributed by atoms with Crippen LogP contribution in [0, 0.1) is 0 Å². The fraction of sp³-hybridized carbons (Fsp3) is 0.333. The molecular formula is C15H18N4O7. The van der Waals surface area contributed by atoms with Gasteiger partial charge in [-0.1, -0.05) is 18.2 Å². The first-order valence-electron chi connectivity index (χ1n) is 7.46. The Kier molecular flexibility index (Phi) is 6.36. The standard InChI is InChI=1S/C8H12N4O5.C7H6O2/c9-7-10-2-12(8(16)11-7)6-5(15)4(14)3(1-13)17-6;8-7(9)6-4-2-1-3-5-6/h2-6,13-15H,1H2,(H2,9,11,16);1-5H,(H,8,9)/t3-,4-,5-,6-;/m1./s1. The van der Waals surface area contributed by atoms with Crippen LogP contribution in [0.1, 0.15) is 16.6 Å². The Morgan fingerprint density at radius 3 is 2.35 bits per heavy atom. The molecule has 11 nitrogen and oxygen atoms in total. The molecule has 0 bridgehead atoms. The van der Waals surface area contributed by atoms with Crippen LogP contribution in [0.4, 0.5) is 5.95 Å². The number of aliphatic hydroxyl groups excluding tert-OH is 3. The van der Waals surface area contributed by atoms with Gasteiger partial charge in [0, 0.05) is 0 Å². The summed E-state index contributed by atoms with van der Waals surface area (Å²) in [4.78, 5) is 28.6. The number of aromatic carboxylic acids is 1. The Bertz CT molecular complexity index is 798. The van der Waals surface area contributed by atoms with Crippen LogP contribution in [0.2, 0.25) is 0 Å². The number of ether oxygens (including phenoxy) is 1. The Balaban J connectivity index is 0.000000228. The van der Waals surface area contributed by atoms with Gasteiger partial charge in [0.15, 0.2) is 6.23 Å². The van der Waals surface area contributed by atoms with Crippen molar-refractivity contribution in [2.75, 3.05) is 12.3 Å². The van der Waals surface area contributed by atoms with Crippen LogP contribution in [0.3, 0.4) is 0 Å². The first kappa shape index (κ1) is 19.5. The number of carboxylic acid groups (broad SMARTS) is 1. The molecule has 2 heterocycles. The van der Waals surface area contributed by atoms with Crippen LogP contribution in [0.15, 0.2) is 41.5 Å². The summed E-state index contributed by atoms with van der Waals surface area (Å²) in [7, 11) is 0. The number of hydrogen-bond donors (Lipinski definition) is 5. The molecule has 1 aromatic carbocycles. The highest BCUT2D eigenvalue weighted by atomic mass is 16.6. The minimum Gasteiger partial charge on any atom is -0.478 e. The van der Waals surface area contributed by atoms with Crippen molar-refractivity contribution in [1.82, 2.24) is 14.5 Å². The van der Waals surface area contributed by atoms with Crippen LogP contribution in [0.25, 0.3) is 0 Å². The first-order chi connectivity index (χ1) is 12.3. The SMILES string of the molecule is Nc1ncn([C@@H]2O[C@H](CO)[C@@H](O)[C@H]2O)c(=O)n1.O=C(O)c1ccccc1. The fourth-order valence-corrected chi connectivity index (χ4v) is 2.22. The number of hydrogen-bond acceptors (Lipinski definition) is 9. The van der Waals surface area contributed by atoms with E-state index in [1.54, 1.807) is 30.3 Å². The lowest BCUT2D eigenvalue weighted by atomic mass is 10.1. The molecule has 1 fully saturated rings. The summed E-state index contributed by atoms with van der Waals surface area (Å²) >= 11 is 0. The molecule has 6 N–H and O–H groups in total. The maximum Gasteiger partial charge on any atom is 0.354 e. The van der Waals surface area contributed by atoms with Gasteiger partial charge >= 0.3 is 11.7 Å². The van der Waals surface area contributed by atoms with E-state index in [-0.39, 0.29) is 5.95 Å². The van der Waals surface area contributed by atoms with Crippen LogP contribution in [-0.4, -0.2) is 65.8 Å². The molecule has 0 spiro atoms. The van der Waals surface area contributed by atoms with E-state index in [1.807, 2.05) is 0 Å². The summed E-state index contributed by atoms with van der Waals surface area (Å²) < 4.78 is 6.04. The number of nitrogens with two attached hydrogens (primary N) is 1. The topological polar surface area (TPSA) is 181 Å². The molecule has 26 heavy (non-hydrogen) atoms. The Morgan fingerprint density at radius 1 is 1.23 bits per heavy atom. The van der Waals surface area contributed by atoms with E-state index in [0.29, 0.717) is 5.56 Å². The molecule has 1 aliphatic heterocycles. The number of benzene rings is 1. The van der Waals surface area contributed by atoms with E-state index in [0.717, 1.165) is 10.9 Å². The van der Waals surface area contributed by atoms with Crippen LogP contribution < -0.4 is 11.4 Å². The van der Waals surface area contributed by atoms with Crippen molar-refractivity contribution in [2.24, 2.45) is 0 Å². The van der Waals surface area contributed by atoms with Crippen LogP contribution in [0.5, 0.6) is 0 Å². The molecule has 1 aliphatic rings. The normalized spacial score (nSPS) is 24.6. The number of carboxylic acids is 1. The molecule has 11 heteroatoms. The Labute approximate surface area is 147 Å². The predicted octanol–water partition coefficient (Wildman–Crippen LogP) is -1.78. The van der Waals surface area contributed by atoms with Crippen molar-refractivity contribution in [3.8, 4) is 0 Å². The Hall–Kier alpha value is -2.86. The van der Waals surface area contributed by atoms with Gasteiger partial charge in [0.2, 0.25) is 5.95 Å². The van der Waals surface area contributed by atoms with E-state index in [4.69, 9.17) is 20.7 Å². The van der Waals surface area contributed by atoms with Gasteiger partial charge in [-0.2, -0.15) is 4.98 Å². The maximum atomic E-state index is 11.5. The highest BCUT2D eigenvalue weighted by Crippen LogP contribution is 2.27. The van der Waals surface area contributed by atoms with Gasteiger partial charge in [0.05, 0.1) is 12.2 Å². The van der Waals surface area contributed by atoms with E-state index < -0.39 is 42.8 Å². The third-order valence-electron chi connectivity index (χ3n) is 3.56. The number of nitrogen functional groups attached to an aromatic ring is 1. The average molecular weight is 366 g/mol. The third-order valence-corrected chi connectivity index (χ3v) is 3.56. The number of anilines is 1. The van der Waals surface area contributed by atoms with Crippen molar-refractivity contribution < 1.29 is 30.0 Å². The van der Waals surface area contributed by atoms with Crippen molar-refractivity contribution in [2.45, 2.75) is 24.5 Å². The first-order valence-corrected chi connectivity index (χ1v) is 7.46. The summed E-state index contributed by atoms with van der Waals surface area (Å²) in [5, 5.41) is 36.5. The van der Waals surface area contributed by atoms with Crippen LogP contribution >= 0.6 is 0 Å². The molecule has 0 saturated carbocycles. The van der Waals surface area contributed by atoms with Crippen molar-refractivity contribution in [3.63, 3.8) is 0 Å². The van der Waals surface area contributed by atoms with Crippen molar-refractivity contribution in [3.05, 3.63) is 52.7 Å². The number of nitrogens with zero attached hydrogens (tertiary/aromatic N) is 3. The monoisotopic (exact) mass is 366 g/mol. The van der Waals surface area contributed by atoms with Gasteiger partial charge in [-0.3, -0.25) is 4.57 Å². The minimum atomic E-state index is -1.35. The highest BCUT2D eigenvalue weighted by Gasteiger charge is 2.43. The molecule has 4 atom stereocenters. The summed E-state index contributed by atoms with van der Waals surface area (Å²) in [6, 6.07) is 8.30. The van der Waals surface area contributed by atoms with Crippen molar-refractivity contribution in [1.29, 1.82) is 0 Å². The van der Waals surface area contributed by atoms with Gasteiger partial charge < -0.3 is 30.9 Å². The van der Waals surface area contributed by atoms with Gasteiger partial charge in [-0.15, -0.1) is 0 Å². The number of carbonyl (C=O) groups is 1. The van der Waals surface area contributed by atoms with Gasteiger partial charge in [-0.05, 0) is 12.1 Å². The zero-order valence-corrected chi connectivity index (χ0v) is 13.4. The zero-order valence-electron chi connectivity index (χ0n) is 13.4. The molecular weight excluding hydrogens is 348 g/mol.